The lowest BCUT2D eigenvalue weighted by molar-refractivity contribution is -0.383. The molecule has 2 aromatic rings. The van der Waals surface area contributed by atoms with Crippen LogP contribution in [0.25, 0.3) is 10.8 Å². The number of amides is 1. The number of nitro benzene ring substituents is 1. The zero-order valence-electron chi connectivity index (χ0n) is 10.1. The number of carbonyl (C=O) groups excluding carboxylic acids is 1. The Balaban J connectivity index is 2.81. The number of anilines is 1. The summed E-state index contributed by atoms with van der Waals surface area (Å²) in [5.41, 5.74) is 1.36. The Morgan fingerprint density at radius 2 is 1.89 bits per heavy atom. The smallest absolute Gasteiger partial charge is 0.277 e. The first-order chi connectivity index (χ1) is 8.50. The third-order valence-electron chi connectivity index (χ3n) is 2.72. The number of non-ortho nitro benzene ring substituents is 1. The van der Waals surface area contributed by atoms with Crippen molar-refractivity contribution in [3.05, 3.63) is 46.0 Å². The number of rotatable bonds is 2. The van der Waals surface area contributed by atoms with E-state index in [0.29, 0.717) is 22.0 Å². The van der Waals surface area contributed by atoms with Gasteiger partial charge in [-0.05, 0) is 18.6 Å². The third kappa shape index (κ3) is 2.02. The molecule has 0 aliphatic carbocycles. The van der Waals surface area contributed by atoms with E-state index in [0.717, 1.165) is 0 Å². The second-order valence-electron chi connectivity index (χ2n) is 4.07. The van der Waals surface area contributed by atoms with Crippen molar-refractivity contribution in [3.8, 4) is 0 Å². The molecule has 92 valence electrons. The number of nitrogens with zero attached hydrogens (tertiary/aromatic N) is 1. The highest BCUT2D eigenvalue weighted by Gasteiger charge is 2.17. The zero-order chi connectivity index (χ0) is 13.3. The van der Waals surface area contributed by atoms with Gasteiger partial charge < -0.3 is 5.32 Å². The number of fused-ring (bicyclic) bond motifs is 1. The van der Waals surface area contributed by atoms with Gasteiger partial charge in [0.2, 0.25) is 5.91 Å². The van der Waals surface area contributed by atoms with Gasteiger partial charge in [-0.3, -0.25) is 14.9 Å². The molecular weight excluding hydrogens is 232 g/mol. The van der Waals surface area contributed by atoms with E-state index in [4.69, 9.17) is 0 Å². The lowest BCUT2D eigenvalue weighted by Crippen LogP contribution is -2.08. The average molecular weight is 244 g/mol. The fourth-order valence-electron chi connectivity index (χ4n) is 1.98. The maximum atomic E-state index is 11.2. The van der Waals surface area contributed by atoms with E-state index in [1.54, 1.807) is 31.2 Å². The van der Waals surface area contributed by atoms with Crippen molar-refractivity contribution in [2.24, 2.45) is 0 Å². The Bertz CT molecular complexity index is 650. The molecule has 0 aliphatic heterocycles. The molecule has 0 spiro atoms. The monoisotopic (exact) mass is 244 g/mol. The van der Waals surface area contributed by atoms with Crippen LogP contribution < -0.4 is 5.32 Å². The van der Waals surface area contributed by atoms with Crippen molar-refractivity contribution >= 4 is 28.1 Å². The second-order valence-corrected chi connectivity index (χ2v) is 4.07. The molecule has 0 heterocycles. The highest BCUT2D eigenvalue weighted by Crippen LogP contribution is 2.34. The summed E-state index contributed by atoms with van der Waals surface area (Å²) >= 11 is 0. The summed E-state index contributed by atoms with van der Waals surface area (Å²) in [4.78, 5) is 21.8. The van der Waals surface area contributed by atoms with Crippen LogP contribution in [0.2, 0.25) is 0 Å². The molecule has 5 nitrogen and oxygen atoms in total. The molecule has 2 aromatic carbocycles. The molecule has 0 saturated carbocycles. The molecule has 0 aliphatic rings. The fourth-order valence-corrected chi connectivity index (χ4v) is 1.98. The predicted molar refractivity (Wildman–Crippen MR) is 69.6 cm³/mol. The first-order valence-corrected chi connectivity index (χ1v) is 5.45. The van der Waals surface area contributed by atoms with Crippen molar-refractivity contribution in [1.82, 2.24) is 0 Å². The predicted octanol–water partition coefficient (Wildman–Crippen LogP) is 3.01. The number of nitrogens with one attached hydrogen (secondary N) is 1. The van der Waals surface area contributed by atoms with Gasteiger partial charge in [0.1, 0.15) is 0 Å². The Morgan fingerprint density at radius 1 is 1.28 bits per heavy atom. The molecule has 1 N–H and O–H groups in total. The average Bonchev–Trinajstić information content (AvgIpc) is 2.31. The van der Waals surface area contributed by atoms with Crippen LogP contribution in [0.3, 0.4) is 0 Å². The van der Waals surface area contributed by atoms with E-state index in [1.165, 1.54) is 13.0 Å². The Labute approximate surface area is 104 Å². The Hall–Kier alpha value is -2.43. The number of hydrogen-bond acceptors (Lipinski definition) is 3. The van der Waals surface area contributed by atoms with Gasteiger partial charge in [0.25, 0.3) is 5.69 Å². The van der Waals surface area contributed by atoms with E-state index in [9.17, 15) is 14.9 Å². The van der Waals surface area contributed by atoms with Gasteiger partial charge >= 0.3 is 0 Å². The highest BCUT2D eigenvalue weighted by atomic mass is 16.6. The van der Waals surface area contributed by atoms with Gasteiger partial charge in [0.05, 0.1) is 16.0 Å². The third-order valence-corrected chi connectivity index (χ3v) is 2.72. The first kappa shape index (κ1) is 12.0. The van der Waals surface area contributed by atoms with Gasteiger partial charge in [-0.2, -0.15) is 0 Å². The maximum absolute atomic E-state index is 11.2. The van der Waals surface area contributed by atoms with E-state index in [-0.39, 0.29) is 11.6 Å². The van der Waals surface area contributed by atoms with E-state index < -0.39 is 4.92 Å². The molecule has 0 radical (unpaired) electrons. The van der Waals surface area contributed by atoms with Gasteiger partial charge in [-0.15, -0.1) is 0 Å². The normalized spacial score (nSPS) is 10.3. The van der Waals surface area contributed by atoms with Crippen LogP contribution in [0.15, 0.2) is 30.3 Å². The number of hydrogen-bond donors (Lipinski definition) is 1. The molecule has 0 fully saturated rings. The van der Waals surface area contributed by atoms with Crippen LogP contribution in [-0.2, 0) is 4.79 Å². The zero-order valence-corrected chi connectivity index (χ0v) is 10.1. The van der Waals surface area contributed by atoms with Gasteiger partial charge in [0, 0.05) is 18.4 Å². The molecule has 0 saturated heterocycles. The first-order valence-electron chi connectivity index (χ1n) is 5.45. The Kier molecular flexibility index (Phi) is 2.97. The van der Waals surface area contributed by atoms with E-state index >= 15 is 0 Å². The standard InChI is InChI=1S/C13H12N2O3/c1-8-7-12(15(17)18)10-5-3-4-6-11(10)13(8)14-9(2)16/h3-7H,1-2H3,(H,14,16). The molecule has 5 heteroatoms. The number of carbonyl (C=O) groups is 1. The summed E-state index contributed by atoms with van der Waals surface area (Å²) in [5, 5.41) is 14.9. The van der Waals surface area contributed by atoms with Gasteiger partial charge in [-0.25, -0.2) is 0 Å². The minimum absolute atomic E-state index is 0.0530. The SMILES string of the molecule is CC(=O)Nc1c(C)cc([N+](=O)[O-])c2ccccc12. The van der Waals surface area contributed by atoms with Crippen LogP contribution in [0, 0.1) is 17.0 Å². The number of nitro groups is 1. The van der Waals surface area contributed by atoms with Crippen LogP contribution in [0.1, 0.15) is 12.5 Å². The minimum Gasteiger partial charge on any atom is -0.326 e. The molecule has 0 atom stereocenters. The van der Waals surface area contributed by atoms with Crippen molar-refractivity contribution < 1.29 is 9.72 Å². The van der Waals surface area contributed by atoms with E-state index in [1.807, 2.05) is 0 Å². The van der Waals surface area contributed by atoms with Crippen LogP contribution in [0.5, 0.6) is 0 Å². The van der Waals surface area contributed by atoms with Crippen LogP contribution in [-0.4, -0.2) is 10.8 Å². The second kappa shape index (κ2) is 4.44. The maximum Gasteiger partial charge on any atom is 0.277 e. The van der Waals surface area contributed by atoms with Gasteiger partial charge in [0.15, 0.2) is 0 Å². The lowest BCUT2D eigenvalue weighted by atomic mass is 10.0. The van der Waals surface area contributed by atoms with Crippen LogP contribution in [0.4, 0.5) is 11.4 Å². The number of aryl methyl sites for hydroxylation is 1. The van der Waals surface area contributed by atoms with Crippen LogP contribution >= 0.6 is 0 Å². The van der Waals surface area contributed by atoms with Crippen molar-refractivity contribution in [1.29, 1.82) is 0 Å². The molecule has 2 rings (SSSR count). The molecule has 0 bridgehead atoms. The Morgan fingerprint density at radius 3 is 2.44 bits per heavy atom. The molecule has 18 heavy (non-hydrogen) atoms. The molecule has 1 amide bonds. The summed E-state index contributed by atoms with van der Waals surface area (Å²) in [6.07, 6.45) is 0. The van der Waals surface area contributed by atoms with E-state index in [2.05, 4.69) is 5.32 Å². The topological polar surface area (TPSA) is 72.2 Å². The largest absolute Gasteiger partial charge is 0.326 e. The van der Waals surface area contributed by atoms with Gasteiger partial charge in [-0.1, -0.05) is 18.2 Å². The molecular formula is C13H12N2O3. The summed E-state index contributed by atoms with van der Waals surface area (Å²) in [6, 6.07) is 8.45. The minimum atomic E-state index is -0.410. The summed E-state index contributed by atoms with van der Waals surface area (Å²) in [5.74, 6) is -0.197. The summed E-state index contributed by atoms with van der Waals surface area (Å²) in [7, 11) is 0. The lowest BCUT2D eigenvalue weighted by Gasteiger charge is -2.11. The number of benzene rings is 2. The fraction of sp³-hybridized carbons (Fsp3) is 0.154. The highest BCUT2D eigenvalue weighted by molar-refractivity contribution is 6.06. The van der Waals surface area contributed by atoms with Crippen molar-refractivity contribution in [2.75, 3.05) is 5.32 Å². The van der Waals surface area contributed by atoms with Crippen molar-refractivity contribution in [2.45, 2.75) is 13.8 Å². The summed E-state index contributed by atoms with van der Waals surface area (Å²) < 4.78 is 0. The quantitative estimate of drug-likeness (QED) is 0.652. The molecule has 0 aromatic heterocycles. The summed E-state index contributed by atoms with van der Waals surface area (Å²) in [6.45, 7) is 3.15. The molecule has 0 unspecified atom stereocenters. The van der Waals surface area contributed by atoms with Crippen molar-refractivity contribution in [3.63, 3.8) is 0 Å².